The molecule has 0 saturated heterocycles. The minimum Gasteiger partial charge on any atom is -0.496 e. The summed E-state index contributed by atoms with van der Waals surface area (Å²) in [5, 5.41) is 9.54. The molecule has 0 fully saturated rings. The summed E-state index contributed by atoms with van der Waals surface area (Å²) in [6.07, 6.45) is 0. The van der Waals surface area contributed by atoms with Crippen LogP contribution in [0.25, 0.3) is 44.2 Å². The first-order valence-electron chi connectivity index (χ1n) is 13.1. The molecule has 7 rings (SSSR count). The SMILES string of the molecule is COc1cc2c(cc1-c1c(C)noc1C)[nH]c1nc(C)nc(Nc3cc4c(cc3-c3ccccc3)OCCO4)c12. The zero-order valence-electron chi connectivity index (χ0n) is 22.6. The summed E-state index contributed by atoms with van der Waals surface area (Å²) >= 11 is 0. The number of fused-ring (bicyclic) bond motifs is 4. The van der Waals surface area contributed by atoms with Gasteiger partial charge in [0, 0.05) is 28.1 Å². The summed E-state index contributed by atoms with van der Waals surface area (Å²) in [5.74, 6) is 4.17. The Morgan fingerprint density at radius 2 is 1.68 bits per heavy atom. The molecule has 40 heavy (non-hydrogen) atoms. The van der Waals surface area contributed by atoms with Gasteiger partial charge in [-0.05, 0) is 44.5 Å². The number of aromatic amines is 1. The smallest absolute Gasteiger partial charge is 0.163 e. The third kappa shape index (κ3) is 3.89. The highest BCUT2D eigenvalue weighted by molar-refractivity contribution is 6.13. The van der Waals surface area contributed by atoms with E-state index in [-0.39, 0.29) is 0 Å². The molecule has 9 heteroatoms. The van der Waals surface area contributed by atoms with Crippen molar-refractivity contribution in [2.75, 3.05) is 25.6 Å². The quantitative estimate of drug-likeness (QED) is 0.247. The van der Waals surface area contributed by atoms with E-state index in [2.05, 4.69) is 33.7 Å². The average Bonchev–Trinajstić information content (AvgIpc) is 3.49. The fourth-order valence-electron chi connectivity index (χ4n) is 5.43. The van der Waals surface area contributed by atoms with Gasteiger partial charge in [0.25, 0.3) is 0 Å². The monoisotopic (exact) mass is 533 g/mol. The molecule has 3 aromatic carbocycles. The molecule has 0 radical (unpaired) electrons. The van der Waals surface area contributed by atoms with Gasteiger partial charge in [-0.25, -0.2) is 9.97 Å². The zero-order valence-corrected chi connectivity index (χ0v) is 22.6. The highest BCUT2D eigenvalue weighted by Gasteiger charge is 2.22. The number of hydrogen-bond donors (Lipinski definition) is 2. The number of benzene rings is 3. The van der Waals surface area contributed by atoms with Crippen LogP contribution in [0.2, 0.25) is 0 Å². The third-order valence-electron chi connectivity index (χ3n) is 7.21. The number of ether oxygens (including phenoxy) is 3. The maximum absolute atomic E-state index is 5.92. The zero-order chi connectivity index (χ0) is 27.4. The van der Waals surface area contributed by atoms with Crippen molar-refractivity contribution in [2.24, 2.45) is 0 Å². The van der Waals surface area contributed by atoms with Crippen molar-refractivity contribution in [3.05, 3.63) is 71.9 Å². The van der Waals surface area contributed by atoms with Crippen molar-refractivity contribution >= 4 is 33.4 Å². The standard InChI is InChI=1S/C31H27N5O4/c1-16-28(17(2)40-36-16)22-12-23-21(14-25(22)37-4)29-30(34-23)32-18(3)33-31(29)35-24-15-27-26(38-10-11-39-27)13-20(24)19-8-6-5-7-9-19/h5-9,12-15H,10-11H2,1-4H3,(H2,32,33,34,35). The number of rotatable bonds is 5. The molecule has 6 aromatic rings. The molecule has 200 valence electrons. The Balaban J connectivity index is 1.43. The van der Waals surface area contributed by atoms with Crippen molar-refractivity contribution in [1.82, 2.24) is 20.1 Å². The molecule has 0 bridgehead atoms. The van der Waals surface area contributed by atoms with E-state index in [4.69, 9.17) is 28.7 Å². The fraction of sp³-hybridized carbons (Fsp3) is 0.194. The molecule has 0 saturated carbocycles. The Morgan fingerprint density at radius 3 is 2.40 bits per heavy atom. The lowest BCUT2D eigenvalue weighted by Gasteiger charge is -2.22. The molecule has 0 aliphatic carbocycles. The molecule has 0 spiro atoms. The predicted molar refractivity (Wildman–Crippen MR) is 154 cm³/mol. The molecule has 0 amide bonds. The minimum absolute atomic E-state index is 0.504. The van der Waals surface area contributed by atoms with Gasteiger partial charge in [0.2, 0.25) is 0 Å². The number of aromatic nitrogens is 4. The van der Waals surface area contributed by atoms with Crippen molar-refractivity contribution in [3.8, 4) is 39.5 Å². The Kier molecular flexibility index (Phi) is 5.59. The summed E-state index contributed by atoms with van der Waals surface area (Å²) in [6.45, 7) is 6.73. The average molecular weight is 534 g/mol. The van der Waals surface area contributed by atoms with Crippen molar-refractivity contribution in [3.63, 3.8) is 0 Å². The van der Waals surface area contributed by atoms with Gasteiger partial charge in [0.15, 0.2) is 11.5 Å². The second kappa shape index (κ2) is 9.30. The number of nitrogens with zero attached hydrogens (tertiary/aromatic N) is 3. The molecular formula is C31H27N5O4. The summed E-state index contributed by atoms with van der Waals surface area (Å²) in [6, 6.07) is 18.3. The highest BCUT2D eigenvalue weighted by Crippen LogP contribution is 2.44. The van der Waals surface area contributed by atoms with Crippen LogP contribution in [0.3, 0.4) is 0 Å². The van der Waals surface area contributed by atoms with E-state index in [1.54, 1.807) is 7.11 Å². The Bertz CT molecular complexity index is 1890. The lowest BCUT2D eigenvalue weighted by molar-refractivity contribution is 0.172. The molecular weight excluding hydrogens is 506 g/mol. The summed E-state index contributed by atoms with van der Waals surface area (Å²) in [7, 11) is 1.67. The molecule has 3 aromatic heterocycles. The molecule has 1 aliphatic heterocycles. The van der Waals surface area contributed by atoms with E-state index < -0.39 is 0 Å². The lowest BCUT2D eigenvalue weighted by atomic mass is 10.0. The van der Waals surface area contributed by atoms with Crippen LogP contribution in [-0.2, 0) is 0 Å². The van der Waals surface area contributed by atoms with E-state index in [0.29, 0.717) is 36.4 Å². The number of nitrogens with one attached hydrogen (secondary N) is 2. The summed E-state index contributed by atoms with van der Waals surface area (Å²) in [5.41, 5.74) is 7.12. The Hall–Kier alpha value is -5.05. The maximum atomic E-state index is 5.92. The molecule has 1 aliphatic rings. The lowest BCUT2D eigenvalue weighted by Crippen LogP contribution is -2.15. The van der Waals surface area contributed by atoms with Crippen molar-refractivity contribution < 1.29 is 18.7 Å². The Labute approximate surface area is 230 Å². The summed E-state index contributed by atoms with van der Waals surface area (Å²) < 4.78 is 23.1. The van der Waals surface area contributed by atoms with Gasteiger partial charge in [0.05, 0.1) is 29.4 Å². The number of aryl methyl sites for hydroxylation is 3. The van der Waals surface area contributed by atoms with Gasteiger partial charge in [-0.3, -0.25) is 0 Å². The summed E-state index contributed by atoms with van der Waals surface area (Å²) in [4.78, 5) is 13.1. The van der Waals surface area contributed by atoms with Crippen LogP contribution in [0.5, 0.6) is 17.2 Å². The fourth-order valence-corrected chi connectivity index (χ4v) is 5.43. The second-order valence-electron chi connectivity index (χ2n) is 9.80. The normalized spacial score (nSPS) is 12.7. The highest BCUT2D eigenvalue weighted by atomic mass is 16.6. The number of anilines is 2. The molecule has 0 unspecified atom stereocenters. The third-order valence-corrected chi connectivity index (χ3v) is 7.21. The van der Waals surface area contributed by atoms with E-state index >= 15 is 0 Å². The van der Waals surface area contributed by atoms with Crippen molar-refractivity contribution in [2.45, 2.75) is 20.8 Å². The number of hydrogen-bond acceptors (Lipinski definition) is 8. The number of methoxy groups -OCH3 is 1. The molecule has 2 N–H and O–H groups in total. The van der Waals surface area contributed by atoms with Crippen LogP contribution >= 0.6 is 0 Å². The van der Waals surface area contributed by atoms with Gasteiger partial charge >= 0.3 is 0 Å². The molecule has 0 atom stereocenters. The van der Waals surface area contributed by atoms with E-state index in [9.17, 15) is 0 Å². The van der Waals surface area contributed by atoms with Crippen LogP contribution in [-0.4, -0.2) is 40.4 Å². The molecule has 9 nitrogen and oxygen atoms in total. The van der Waals surface area contributed by atoms with Crippen LogP contribution in [0.4, 0.5) is 11.5 Å². The van der Waals surface area contributed by atoms with E-state index in [0.717, 1.165) is 67.1 Å². The topological polar surface area (TPSA) is 107 Å². The van der Waals surface area contributed by atoms with Crippen LogP contribution in [0.1, 0.15) is 17.3 Å². The van der Waals surface area contributed by atoms with Gasteiger partial charge in [0.1, 0.15) is 42.0 Å². The predicted octanol–water partition coefficient (Wildman–Crippen LogP) is 6.88. The first kappa shape index (κ1) is 24.0. The largest absolute Gasteiger partial charge is 0.496 e. The van der Waals surface area contributed by atoms with E-state index in [1.807, 2.05) is 57.2 Å². The molecule has 4 heterocycles. The minimum atomic E-state index is 0.504. The van der Waals surface area contributed by atoms with Gasteiger partial charge in [-0.2, -0.15) is 0 Å². The van der Waals surface area contributed by atoms with Crippen LogP contribution in [0, 0.1) is 20.8 Å². The van der Waals surface area contributed by atoms with Crippen LogP contribution in [0.15, 0.2) is 59.1 Å². The van der Waals surface area contributed by atoms with Gasteiger partial charge in [-0.1, -0.05) is 35.5 Å². The first-order valence-corrected chi connectivity index (χ1v) is 13.1. The van der Waals surface area contributed by atoms with Crippen LogP contribution < -0.4 is 19.5 Å². The number of H-pyrrole nitrogens is 1. The van der Waals surface area contributed by atoms with E-state index in [1.165, 1.54) is 0 Å². The van der Waals surface area contributed by atoms with Gasteiger partial charge < -0.3 is 29.0 Å². The maximum Gasteiger partial charge on any atom is 0.163 e. The second-order valence-corrected chi connectivity index (χ2v) is 9.80. The first-order chi connectivity index (χ1) is 19.5. The van der Waals surface area contributed by atoms with Gasteiger partial charge in [-0.15, -0.1) is 0 Å². The Morgan fingerprint density at radius 1 is 0.900 bits per heavy atom. The van der Waals surface area contributed by atoms with Crippen molar-refractivity contribution in [1.29, 1.82) is 0 Å².